The van der Waals surface area contributed by atoms with Crippen molar-refractivity contribution in [1.29, 1.82) is 0 Å². The number of allylic oxidation sites excluding steroid dienone is 3. The predicted octanol–water partition coefficient (Wildman–Crippen LogP) is 2.81. The van der Waals surface area contributed by atoms with Gasteiger partial charge in [-0.15, -0.1) is 0 Å². The largest absolute Gasteiger partial charge is 0.389 e. The smallest absolute Gasteiger partial charge is 0.0721 e. The molecule has 0 fully saturated rings. The van der Waals surface area contributed by atoms with Crippen LogP contribution in [0.15, 0.2) is 23.8 Å². The van der Waals surface area contributed by atoms with Gasteiger partial charge >= 0.3 is 0 Å². The zero-order valence-electron chi connectivity index (χ0n) is 7.79. The Morgan fingerprint density at radius 2 is 2.25 bits per heavy atom. The molecule has 1 heteroatoms. The van der Waals surface area contributed by atoms with Crippen LogP contribution in [0.1, 0.15) is 39.0 Å². The summed E-state index contributed by atoms with van der Waals surface area (Å²) in [6, 6.07) is 0. The second kappa shape index (κ2) is 5.15. The molecule has 1 aliphatic carbocycles. The summed E-state index contributed by atoms with van der Waals surface area (Å²) in [5.41, 5.74) is 1.48. The topological polar surface area (TPSA) is 20.2 Å². The van der Waals surface area contributed by atoms with E-state index in [4.69, 9.17) is 0 Å². The SMILES string of the molecule is C/C1=C\CCCC(O)/C=C/CC1. The molecule has 0 bridgehead atoms. The molecule has 68 valence electrons. The fourth-order valence-electron chi connectivity index (χ4n) is 1.44. The van der Waals surface area contributed by atoms with E-state index < -0.39 is 0 Å². The molecule has 12 heavy (non-hydrogen) atoms. The minimum atomic E-state index is -0.211. The summed E-state index contributed by atoms with van der Waals surface area (Å²) in [5, 5.41) is 9.39. The van der Waals surface area contributed by atoms with Crippen LogP contribution in [-0.2, 0) is 0 Å². The lowest BCUT2D eigenvalue weighted by Crippen LogP contribution is -2.01. The zero-order valence-corrected chi connectivity index (χ0v) is 7.79. The average Bonchev–Trinajstić information content (AvgIpc) is 2.06. The zero-order chi connectivity index (χ0) is 8.81. The highest BCUT2D eigenvalue weighted by Crippen LogP contribution is 2.12. The number of hydrogen-bond donors (Lipinski definition) is 1. The van der Waals surface area contributed by atoms with E-state index in [0.29, 0.717) is 0 Å². The summed E-state index contributed by atoms with van der Waals surface area (Å²) >= 11 is 0. The number of aliphatic hydroxyl groups is 1. The summed E-state index contributed by atoms with van der Waals surface area (Å²) < 4.78 is 0. The molecule has 0 amide bonds. The van der Waals surface area contributed by atoms with Crippen molar-refractivity contribution in [2.45, 2.75) is 45.1 Å². The van der Waals surface area contributed by atoms with Gasteiger partial charge in [0, 0.05) is 0 Å². The van der Waals surface area contributed by atoms with Gasteiger partial charge in [0.05, 0.1) is 6.10 Å². The van der Waals surface area contributed by atoms with Gasteiger partial charge in [0.15, 0.2) is 0 Å². The molecule has 0 aromatic rings. The van der Waals surface area contributed by atoms with E-state index in [2.05, 4.69) is 19.1 Å². The van der Waals surface area contributed by atoms with Crippen molar-refractivity contribution in [2.24, 2.45) is 0 Å². The molecular weight excluding hydrogens is 148 g/mol. The highest BCUT2D eigenvalue weighted by atomic mass is 16.3. The van der Waals surface area contributed by atoms with Gasteiger partial charge in [-0.2, -0.15) is 0 Å². The standard InChI is InChI=1S/C11H18O/c1-10-6-2-4-8-11(12)9-5-3-7-10/h4,7-8,11-12H,2-3,5-6,9H2,1H3/b8-4+,10-7+. The van der Waals surface area contributed by atoms with E-state index in [1.807, 2.05) is 6.08 Å². The van der Waals surface area contributed by atoms with Crippen molar-refractivity contribution in [3.63, 3.8) is 0 Å². The highest BCUT2D eigenvalue weighted by molar-refractivity contribution is 5.02. The van der Waals surface area contributed by atoms with Gasteiger partial charge in [0.25, 0.3) is 0 Å². The molecule has 1 N–H and O–H groups in total. The molecule has 1 unspecified atom stereocenters. The van der Waals surface area contributed by atoms with Crippen molar-refractivity contribution < 1.29 is 5.11 Å². The first-order valence-corrected chi connectivity index (χ1v) is 4.79. The molecule has 0 saturated carbocycles. The maximum atomic E-state index is 9.39. The lowest BCUT2D eigenvalue weighted by atomic mass is 10.0. The second-order valence-electron chi connectivity index (χ2n) is 3.52. The Morgan fingerprint density at radius 1 is 1.42 bits per heavy atom. The third-order valence-corrected chi connectivity index (χ3v) is 2.26. The lowest BCUT2D eigenvalue weighted by molar-refractivity contribution is 0.209. The maximum Gasteiger partial charge on any atom is 0.0721 e. The Balaban J connectivity index is 2.43. The normalized spacial score (nSPS) is 33.5. The number of rotatable bonds is 0. The van der Waals surface area contributed by atoms with Crippen LogP contribution in [0.3, 0.4) is 0 Å². The van der Waals surface area contributed by atoms with Crippen molar-refractivity contribution in [3.05, 3.63) is 23.8 Å². The summed E-state index contributed by atoms with van der Waals surface area (Å²) in [4.78, 5) is 0. The first-order valence-electron chi connectivity index (χ1n) is 4.79. The summed E-state index contributed by atoms with van der Waals surface area (Å²) in [5.74, 6) is 0. The molecule has 0 aromatic heterocycles. The third kappa shape index (κ3) is 3.72. The molecule has 1 aliphatic rings. The van der Waals surface area contributed by atoms with Crippen LogP contribution in [0.4, 0.5) is 0 Å². The van der Waals surface area contributed by atoms with Crippen LogP contribution in [0, 0.1) is 0 Å². The maximum absolute atomic E-state index is 9.39. The average molecular weight is 166 g/mol. The van der Waals surface area contributed by atoms with Crippen LogP contribution in [0.25, 0.3) is 0 Å². The Hall–Kier alpha value is -0.560. The van der Waals surface area contributed by atoms with Crippen molar-refractivity contribution in [2.75, 3.05) is 0 Å². The van der Waals surface area contributed by atoms with Crippen LogP contribution in [-0.4, -0.2) is 11.2 Å². The molecule has 0 aliphatic heterocycles. The van der Waals surface area contributed by atoms with E-state index >= 15 is 0 Å². The van der Waals surface area contributed by atoms with Gasteiger partial charge < -0.3 is 5.11 Å². The van der Waals surface area contributed by atoms with E-state index in [0.717, 1.165) is 32.1 Å². The van der Waals surface area contributed by atoms with Gasteiger partial charge in [0.1, 0.15) is 0 Å². The molecular formula is C11H18O. The fraction of sp³-hybridized carbons (Fsp3) is 0.636. The van der Waals surface area contributed by atoms with Gasteiger partial charge in [-0.25, -0.2) is 0 Å². The number of aliphatic hydroxyl groups excluding tert-OH is 1. The van der Waals surface area contributed by atoms with Crippen LogP contribution in [0.5, 0.6) is 0 Å². The van der Waals surface area contributed by atoms with Gasteiger partial charge in [-0.3, -0.25) is 0 Å². The Kier molecular flexibility index (Phi) is 4.09. The lowest BCUT2D eigenvalue weighted by Gasteiger charge is -2.06. The van der Waals surface area contributed by atoms with Crippen molar-refractivity contribution >= 4 is 0 Å². The predicted molar refractivity (Wildman–Crippen MR) is 52.0 cm³/mol. The number of hydrogen-bond acceptors (Lipinski definition) is 1. The molecule has 0 saturated heterocycles. The molecule has 1 rings (SSSR count). The minimum absolute atomic E-state index is 0.211. The first-order chi connectivity index (χ1) is 5.79. The third-order valence-electron chi connectivity index (χ3n) is 2.26. The van der Waals surface area contributed by atoms with E-state index in [9.17, 15) is 5.11 Å². The highest BCUT2D eigenvalue weighted by Gasteiger charge is 1.99. The molecule has 0 radical (unpaired) electrons. The summed E-state index contributed by atoms with van der Waals surface area (Å²) in [7, 11) is 0. The van der Waals surface area contributed by atoms with E-state index in [1.165, 1.54) is 5.57 Å². The van der Waals surface area contributed by atoms with Gasteiger partial charge in [-0.1, -0.05) is 23.8 Å². The van der Waals surface area contributed by atoms with Crippen molar-refractivity contribution in [3.8, 4) is 0 Å². The Morgan fingerprint density at radius 3 is 3.08 bits per heavy atom. The van der Waals surface area contributed by atoms with Crippen LogP contribution in [0.2, 0.25) is 0 Å². The monoisotopic (exact) mass is 166 g/mol. The molecule has 0 spiro atoms. The Bertz CT molecular complexity index is 179. The molecule has 0 aromatic carbocycles. The second-order valence-corrected chi connectivity index (χ2v) is 3.52. The van der Waals surface area contributed by atoms with Gasteiger partial charge in [-0.05, 0) is 39.0 Å². The summed E-state index contributed by atoms with van der Waals surface area (Å²) in [6.07, 6.45) is 11.4. The van der Waals surface area contributed by atoms with Crippen LogP contribution >= 0.6 is 0 Å². The molecule has 1 atom stereocenters. The van der Waals surface area contributed by atoms with E-state index in [-0.39, 0.29) is 6.10 Å². The molecule has 0 heterocycles. The van der Waals surface area contributed by atoms with E-state index in [1.54, 1.807) is 0 Å². The van der Waals surface area contributed by atoms with Crippen molar-refractivity contribution in [1.82, 2.24) is 0 Å². The van der Waals surface area contributed by atoms with Crippen LogP contribution < -0.4 is 0 Å². The Labute approximate surface area is 74.8 Å². The fourth-order valence-corrected chi connectivity index (χ4v) is 1.44. The summed E-state index contributed by atoms with van der Waals surface area (Å²) in [6.45, 7) is 2.19. The minimum Gasteiger partial charge on any atom is -0.389 e. The van der Waals surface area contributed by atoms with Gasteiger partial charge in [0.2, 0.25) is 0 Å². The molecule has 1 nitrogen and oxygen atoms in total. The quantitative estimate of drug-likeness (QED) is 0.549. The first kappa shape index (κ1) is 9.53.